The molecule has 9 nitrogen and oxygen atoms in total. The Kier molecular flexibility index (Phi) is 7.28. The van der Waals surface area contributed by atoms with Crippen LogP contribution in [0, 0.1) is 0 Å². The van der Waals surface area contributed by atoms with Gasteiger partial charge in [-0.3, -0.25) is 9.48 Å². The monoisotopic (exact) mass is 487 g/mol. The highest BCUT2D eigenvalue weighted by Crippen LogP contribution is 2.30. The zero-order valence-electron chi connectivity index (χ0n) is 19.0. The van der Waals surface area contributed by atoms with Crippen LogP contribution in [0.25, 0.3) is 33.9 Å². The van der Waals surface area contributed by atoms with Crippen molar-refractivity contribution in [1.29, 1.82) is 0 Å². The number of nitrogens with one attached hydrogen (secondary N) is 2. The second-order valence-electron chi connectivity index (χ2n) is 7.89. The molecule has 3 aromatic heterocycles. The first-order valence-corrected chi connectivity index (χ1v) is 11.2. The maximum absolute atomic E-state index is 13.0. The minimum absolute atomic E-state index is 0.0951. The summed E-state index contributed by atoms with van der Waals surface area (Å²) in [7, 11) is 0. The number of rotatable bonds is 10. The zero-order chi connectivity index (χ0) is 24.8. The van der Waals surface area contributed by atoms with Gasteiger partial charge in [-0.25, -0.2) is 0 Å². The third-order valence-corrected chi connectivity index (χ3v) is 5.38. The van der Waals surface area contributed by atoms with Gasteiger partial charge in [0.25, 0.3) is 5.56 Å². The van der Waals surface area contributed by atoms with Gasteiger partial charge < -0.3 is 9.72 Å². The molecule has 2 N–H and O–H groups in total. The molecule has 0 saturated heterocycles. The van der Waals surface area contributed by atoms with Crippen molar-refractivity contribution in [3.63, 3.8) is 0 Å². The van der Waals surface area contributed by atoms with Crippen molar-refractivity contribution in [3.05, 3.63) is 52.9 Å². The lowest BCUT2D eigenvalue weighted by molar-refractivity contribution is -0.135. The number of aryl methyl sites for hydroxylation is 1. The fourth-order valence-corrected chi connectivity index (χ4v) is 3.61. The number of benzene rings is 1. The second kappa shape index (κ2) is 10.5. The third kappa shape index (κ3) is 6.14. The van der Waals surface area contributed by atoms with Gasteiger partial charge in [0.15, 0.2) is 0 Å². The van der Waals surface area contributed by atoms with Crippen molar-refractivity contribution >= 4 is 0 Å². The molecule has 0 aliphatic carbocycles. The summed E-state index contributed by atoms with van der Waals surface area (Å²) in [6.45, 7) is 2.97. The summed E-state index contributed by atoms with van der Waals surface area (Å²) < 4.78 is 44.0. The van der Waals surface area contributed by atoms with E-state index in [4.69, 9.17) is 4.74 Å². The first-order valence-electron chi connectivity index (χ1n) is 11.2. The predicted octanol–water partition coefficient (Wildman–Crippen LogP) is 4.61. The Labute approximate surface area is 198 Å². The number of ether oxygens (including phenoxy) is 1. The van der Waals surface area contributed by atoms with E-state index in [0.717, 1.165) is 5.56 Å². The molecule has 0 radical (unpaired) electrons. The van der Waals surface area contributed by atoms with Gasteiger partial charge in [0.2, 0.25) is 5.82 Å². The first-order chi connectivity index (χ1) is 16.8. The summed E-state index contributed by atoms with van der Waals surface area (Å²) in [5.74, 6) is 0.759. The largest absolute Gasteiger partial charge is 0.494 e. The first kappa shape index (κ1) is 24.2. The van der Waals surface area contributed by atoms with E-state index in [2.05, 4.69) is 30.7 Å². The molecule has 12 heteroatoms. The Morgan fingerprint density at radius 3 is 2.54 bits per heavy atom. The molecule has 0 saturated carbocycles. The number of H-pyrrole nitrogens is 2. The molecule has 0 amide bonds. The van der Waals surface area contributed by atoms with E-state index in [9.17, 15) is 18.0 Å². The summed E-state index contributed by atoms with van der Waals surface area (Å²) in [6, 6.07) is 10.7. The van der Waals surface area contributed by atoms with E-state index in [0.29, 0.717) is 48.7 Å². The number of tetrazole rings is 1. The van der Waals surface area contributed by atoms with Crippen LogP contribution < -0.4 is 10.3 Å². The van der Waals surface area contributed by atoms with E-state index < -0.39 is 12.6 Å². The number of pyridine rings is 1. The summed E-state index contributed by atoms with van der Waals surface area (Å²) in [4.78, 5) is 15.9. The van der Waals surface area contributed by atoms with Crippen LogP contribution >= 0.6 is 0 Å². The number of hydrogen-bond donors (Lipinski definition) is 2. The number of aromatic nitrogens is 7. The Hall–Kier alpha value is -3.96. The number of unbranched alkanes of at least 4 members (excludes halogenated alkanes) is 2. The summed E-state index contributed by atoms with van der Waals surface area (Å²) >= 11 is 0. The molecular formula is C23H24F3N7O2. The van der Waals surface area contributed by atoms with E-state index in [1.165, 1.54) is 0 Å². The van der Waals surface area contributed by atoms with Gasteiger partial charge in [-0.1, -0.05) is 0 Å². The lowest BCUT2D eigenvalue weighted by atomic mass is 10.0. The standard InChI is InChI=1S/C23H24F3N7O2/c1-2-33-12-10-18(30-33)17-14-19(27-22(34)20(17)21-28-31-32-29-21)15-6-8-16(9-7-15)35-13-5-3-4-11-23(24,25)26/h6-10,12,14H,2-5,11,13H2,1H3,(H,27,34)(H,28,29,31,32). The number of aromatic amines is 2. The molecule has 0 spiro atoms. The molecule has 0 atom stereocenters. The molecule has 0 bridgehead atoms. The summed E-state index contributed by atoms with van der Waals surface area (Å²) in [5.41, 5.74) is 2.36. The molecule has 35 heavy (non-hydrogen) atoms. The SMILES string of the molecule is CCn1ccc(-c2cc(-c3ccc(OCCCCCC(F)(F)F)cc3)[nH]c(=O)c2-c2nn[nH]n2)n1. The molecule has 1 aromatic carbocycles. The van der Waals surface area contributed by atoms with E-state index in [1.54, 1.807) is 28.9 Å². The second-order valence-corrected chi connectivity index (χ2v) is 7.89. The van der Waals surface area contributed by atoms with Gasteiger partial charge in [0.1, 0.15) is 5.75 Å². The van der Waals surface area contributed by atoms with Crippen molar-refractivity contribution in [2.75, 3.05) is 6.61 Å². The van der Waals surface area contributed by atoms with Crippen molar-refractivity contribution in [1.82, 2.24) is 35.4 Å². The van der Waals surface area contributed by atoms with Crippen LogP contribution in [0.4, 0.5) is 13.2 Å². The van der Waals surface area contributed by atoms with Gasteiger partial charge in [-0.05, 0) is 73.4 Å². The van der Waals surface area contributed by atoms with Crippen LogP contribution in [-0.2, 0) is 6.54 Å². The van der Waals surface area contributed by atoms with Gasteiger partial charge in [-0.2, -0.15) is 23.5 Å². The quantitative estimate of drug-likeness (QED) is 0.316. The average Bonchev–Trinajstić information content (AvgIpc) is 3.53. The third-order valence-electron chi connectivity index (χ3n) is 5.38. The van der Waals surface area contributed by atoms with Crippen molar-refractivity contribution in [3.8, 4) is 39.7 Å². The van der Waals surface area contributed by atoms with Crippen LogP contribution in [0.15, 0.2) is 47.4 Å². The fourth-order valence-electron chi connectivity index (χ4n) is 3.61. The zero-order valence-corrected chi connectivity index (χ0v) is 19.0. The Morgan fingerprint density at radius 1 is 1.09 bits per heavy atom. The van der Waals surface area contributed by atoms with Crippen LogP contribution in [-0.4, -0.2) is 48.2 Å². The fraction of sp³-hybridized carbons (Fsp3) is 0.348. The van der Waals surface area contributed by atoms with Crippen molar-refractivity contribution in [2.45, 2.75) is 45.3 Å². The number of alkyl halides is 3. The normalized spacial score (nSPS) is 11.7. The van der Waals surface area contributed by atoms with Crippen LogP contribution in [0.5, 0.6) is 5.75 Å². The molecule has 3 heterocycles. The Balaban J connectivity index is 1.51. The molecule has 0 unspecified atom stereocenters. The highest BCUT2D eigenvalue weighted by molar-refractivity contribution is 5.81. The summed E-state index contributed by atoms with van der Waals surface area (Å²) in [5, 5.41) is 18.4. The van der Waals surface area contributed by atoms with Gasteiger partial charge in [0.05, 0.1) is 17.9 Å². The Bertz CT molecular complexity index is 1300. The molecule has 4 rings (SSSR count). The maximum Gasteiger partial charge on any atom is 0.389 e. The van der Waals surface area contributed by atoms with E-state index >= 15 is 0 Å². The smallest absolute Gasteiger partial charge is 0.389 e. The Morgan fingerprint density at radius 2 is 1.89 bits per heavy atom. The lowest BCUT2D eigenvalue weighted by Crippen LogP contribution is -2.13. The minimum atomic E-state index is -4.11. The van der Waals surface area contributed by atoms with Crippen molar-refractivity contribution < 1.29 is 17.9 Å². The molecule has 4 aromatic rings. The molecule has 0 fully saturated rings. The van der Waals surface area contributed by atoms with Crippen LogP contribution in [0.1, 0.15) is 32.6 Å². The highest BCUT2D eigenvalue weighted by atomic mass is 19.4. The predicted molar refractivity (Wildman–Crippen MR) is 123 cm³/mol. The van der Waals surface area contributed by atoms with Gasteiger partial charge in [0, 0.05) is 30.4 Å². The highest BCUT2D eigenvalue weighted by Gasteiger charge is 2.25. The van der Waals surface area contributed by atoms with Gasteiger partial charge >= 0.3 is 6.18 Å². The molecular weight excluding hydrogens is 463 g/mol. The van der Waals surface area contributed by atoms with E-state index in [1.807, 2.05) is 25.3 Å². The lowest BCUT2D eigenvalue weighted by Gasteiger charge is -2.10. The molecule has 184 valence electrons. The summed E-state index contributed by atoms with van der Waals surface area (Å²) in [6.07, 6.45) is -1.98. The topological polar surface area (TPSA) is 114 Å². The van der Waals surface area contributed by atoms with Crippen LogP contribution in [0.2, 0.25) is 0 Å². The van der Waals surface area contributed by atoms with Gasteiger partial charge in [-0.15, -0.1) is 10.2 Å². The maximum atomic E-state index is 13.0. The number of hydrogen-bond acceptors (Lipinski definition) is 6. The number of nitrogens with zero attached hydrogens (tertiary/aromatic N) is 5. The minimum Gasteiger partial charge on any atom is -0.494 e. The van der Waals surface area contributed by atoms with E-state index in [-0.39, 0.29) is 23.4 Å². The number of halogens is 3. The molecule has 0 aliphatic heterocycles. The van der Waals surface area contributed by atoms with Crippen molar-refractivity contribution in [2.24, 2.45) is 0 Å². The molecule has 0 aliphatic rings. The van der Waals surface area contributed by atoms with Crippen LogP contribution in [0.3, 0.4) is 0 Å². The average molecular weight is 487 g/mol.